The number of benzene rings is 1. The lowest BCUT2D eigenvalue weighted by atomic mass is 9.85. The Hall–Kier alpha value is -1.88. The molecule has 1 saturated heterocycles. The van der Waals surface area contributed by atoms with E-state index in [4.69, 9.17) is 0 Å². The van der Waals surface area contributed by atoms with E-state index in [0.29, 0.717) is 25.3 Å². The van der Waals surface area contributed by atoms with Gasteiger partial charge in [0.25, 0.3) is 0 Å². The van der Waals surface area contributed by atoms with E-state index < -0.39 is 11.4 Å². The molecule has 1 aromatic carbocycles. The van der Waals surface area contributed by atoms with E-state index in [2.05, 4.69) is 34.5 Å². The van der Waals surface area contributed by atoms with Crippen molar-refractivity contribution in [3.05, 3.63) is 35.9 Å². The Balaban J connectivity index is 1.51. The van der Waals surface area contributed by atoms with Gasteiger partial charge in [-0.25, -0.2) is 0 Å². The minimum Gasteiger partial charge on any atom is -0.480 e. The van der Waals surface area contributed by atoms with Gasteiger partial charge >= 0.3 is 5.97 Å². The van der Waals surface area contributed by atoms with Crippen LogP contribution in [0.15, 0.2) is 30.3 Å². The molecular weight excluding hydrogens is 316 g/mol. The lowest BCUT2D eigenvalue weighted by molar-refractivity contribution is -0.155. The molecule has 5 nitrogen and oxygen atoms in total. The second-order valence-electron chi connectivity index (χ2n) is 7.53. The fourth-order valence-electron chi connectivity index (χ4n) is 4.23. The van der Waals surface area contributed by atoms with E-state index in [9.17, 15) is 14.7 Å². The average molecular weight is 344 g/mol. The standard InChI is InChI=1S/C20H28N2O3/c23-18(20(19(24)25)10-4-5-11-20)21-13-17-9-6-12-22(15-17)14-16-7-2-1-3-8-16/h1-3,7-8,17H,4-6,9-15H2,(H,21,23)(H,24,25). The van der Waals surface area contributed by atoms with Gasteiger partial charge in [-0.15, -0.1) is 0 Å². The summed E-state index contributed by atoms with van der Waals surface area (Å²) in [5, 5.41) is 12.5. The van der Waals surface area contributed by atoms with Crippen LogP contribution >= 0.6 is 0 Å². The van der Waals surface area contributed by atoms with Crippen LogP contribution in [0.2, 0.25) is 0 Å². The summed E-state index contributed by atoms with van der Waals surface area (Å²) in [4.78, 5) is 26.5. The maximum atomic E-state index is 12.5. The van der Waals surface area contributed by atoms with E-state index in [1.54, 1.807) is 0 Å². The molecule has 2 N–H and O–H groups in total. The third-order valence-corrected chi connectivity index (χ3v) is 5.70. The number of nitrogens with one attached hydrogen (secondary N) is 1. The Morgan fingerprint density at radius 1 is 1.16 bits per heavy atom. The SMILES string of the molecule is O=C(O)C1(C(=O)NCC2CCCN(Cc3ccccc3)C2)CCCC1. The molecule has 1 unspecified atom stereocenters. The third-order valence-electron chi connectivity index (χ3n) is 5.70. The van der Waals surface area contributed by atoms with Crippen LogP contribution in [0.3, 0.4) is 0 Å². The van der Waals surface area contributed by atoms with Crippen LogP contribution in [0.25, 0.3) is 0 Å². The monoisotopic (exact) mass is 344 g/mol. The smallest absolute Gasteiger partial charge is 0.319 e. The maximum absolute atomic E-state index is 12.5. The molecule has 1 saturated carbocycles. The number of aliphatic carboxylic acids is 1. The summed E-state index contributed by atoms with van der Waals surface area (Å²) in [6, 6.07) is 10.4. The first-order chi connectivity index (χ1) is 12.1. The second-order valence-corrected chi connectivity index (χ2v) is 7.53. The van der Waals surface area contributed by atoms with Crippen LogP contribution in [0.4, 0.5) is 0 Å². The molecule has 0 bridgehead atoms. The molecule has 0 aromatic heterocycles. The molecule has 0 spiro atoms. The molecule has 1 aromatic rings. The quantitative estimate of drug-likeness (QED) is 0.779. The summed E-state index contributed by atoms with van der Waals surface area (Å²) in [5.41, 5.74) is 0.126. The predicted octanol–water partition coefficient (Wildman–Crippen LogP) is 2.66. The van der Waals surface area contributed by atoms with E-state index in [0.717, 1.165) is 45.3 Å². The van der Waals surface area contributed by atoms with E-state index in [1.807, 2.05) is 6.07 Å². The van der Waals surface area contributed by atoms with E-state index in [-0.39, 0.29) is 5.91 Å². The molecule has 1 aliphatic carbocycles. The van der Waals surface area contributed by atoms with Gasteiger partial charge in [-0.3, -0.25) is 14.5 Å². The highest BCUT2D eigenvalue weighted by atomic mass is 16.4. The Labute approximate surface area is 149 Å². The fourth-order valence-corrected chi connectivity index (χ4v) is 4.23. The van der Waals surface area contributed by atoms with Crippen LogP contribution in [-0.4, -0.2) is 41.5 Å². The molecule has 3 rings (SSSR count). The number of nitrogens with zero attached hydrogens (tertiary/aromatic N) is 1. The predicted molar refractivity (Wildman–Crippen MR) is 96.0 cm³/mol. The highest BCUT2D eigenvalue weighted by Crippen LogP contribution is 2.38. The Morgan fingerprint density at radius 3 is 2.56 bits per heavy atom. The number of hydrogen-bond acceptors (Lipinski definition) is 3. The number of amides is 1. The zero-order chi connectivity index (χ0) is 17.7. The van der Waals surface area contributed by atoms with Crippen molar-refractivity contribution in [2.75, 3.05) is 19.6 Å². The lowest BCUT2D eigenvalue weighted by Crippen LogP contribution is -2.48. The first kappa shape index (κ1) is 17.9. The molecule has 1 heterocycles. The van der Waals surface area contributed by atoms with Gasteiger partial charge < -0.3 is 10.4 Å². The van der Waals surface area contributed by atoms with Gasteiger partial charge in [-0.05, 0) is 43.7 Å². The molecule has 25 heavy (non-hydrogen) atoms. The van der Waals surface area contributed by atoms with Crippen molar-refractivity contribution in [2.45, 2.75) is 45.1 Å². The number of carbonyl (C=O) groups excluding carboxylic acids is 1. The van der Waals surface area contributed by atoms with Crippen molar-refractivity contribution in [1.29, 1.82) is 0 Å². The Bertz CT molecular complexity index is 596. The van der Waals surface area contributed by atoms with Crippen LogP contribution in [0, 0.1) is 11.3 Å². The van der Waals surface area contributed by atoms with Gasteiger partial charge in [0.2, 0.25) is 5.91 Å². The normalized spacial score (nSPS) is 23.3. The topological polar surface area (TPSA) is 69.6 Å². The molecule has 1 atom stereocenters. The molecule has 136 valence electrons. The van der Waals surface area contributed by atoms with E-state index in [1.165, 1.54) is 5.56 Å². The van der Waals surface area contributed by atoms with Crippen LogP contribution in [-0.2, 0) is 16.1 Å². The first-order valence-corrected chi connectivity index (χ1v) is 9.38. The third kappa shape index (κ3) is 4.21. The Morgan fingerprint density at radius 2 is 1.88 bits per heavy atom. The molecule has 0 radical (unpaired) electrons. The Kier molecular flexibility index (Phi) is 5.74. The maximum Gasteiger partial charge on any atom is 0.319 e. The van der Waals surface area contributed by atoms with Gasteiger partial charge in [0.15, 0.2) is 0 Å². The van der Waals surface area contributed by atoms with Gasteiger partial charge in [0.05, 0.1) is 0 Å². The number of piperidine rings is 1. The number of carboxylic acids is 1. The van der Waals surface area contributed by atoms with Gasteiger partial charge in [-0.1, -0.05) is 43.2 Å². The van der Waals surface area contributed by atoms with Crippen molar-refractivity contribution in [3.8, 4) is 0 Å². The second kappa shape index (κ2) is 8.00. The molecule has 1 amide bonds. The molecule has 2 fully saturated rings. The van der Waals surface area contributed by atoms with Crippen molar-refractivity contribution < 1.29 is 14.7 Å². The molecule has 2 aliphatic rings. The fraction of sp³-hybridized carbons (Fsp3) is 0.600. The number of hydrogen-bond donors (Lipinski definition) is 2. The van der Waals surface area contributed by atoms with Crippen molar-refractivity contribution in [1.82, 2.24) is 10.2 Å². The van der Waals surface area contributed by atoms with Crippen LogP contribution in [0.5, 0.6) is 0 Å². The highest BCUT2D eigenvalue weighted by molar-refractivity contribution is 6.02. The van der Waals surface area contributed by atoms with E-state index >= 15 is 0 Å². The molecule has 1 aliphatic heterocycles. The first-order valence-electron chi connectivity index (χ1n) is 9.38. The van der Waals surface area contributed by atoms with Crippen molar-refractivity contribution in [2.24, 2.45) is 11.3 Å². The van der Waals surface area contributed by atoms with Crippen molar-refractivity contribution >= 4 is 11.9 Å². The van der Waals surface area contributed by atoms with Gasteiger partial charge in [-0.2, -0.15) is 0 Å². The van der Waals surface area contributed by atoms with Gasteiger partial charge in [0.1, 0.15) is 5.41 Å². The number of likely N-dealkylation sites (tertiary alicyclic amines) is 1. The summed E-state index contributed by atoms with van der Waals surface area (Å²) in [7, 11) is 0. The highest BCUT2D eigenvalue weighted by Gasteiger charge is 2.48. The zero-order valence-electron chi connectivity index (χ0n) is 14.7. The number of rotatable bonds is 6. The summed E-state index contributed by atoms with van der Waals surface area (Å²) in [6.07, 6.45) is 4.81. The van der Waals surface area contributed by atoms with Crippen LogP contribution < -0.4 is 5.32 Å². The van der Waals surface area contributed by atoms with Crippen LogP contribution in [0.1, 0.15) is 44.1 Å². The average Bonchev–Trinajstić information content (AvgIpc) is 3.12. The zero-order valence-corrected chi connectivity index (χ0v) is 14.7. The summed E-state index contributed by atoms with van der Waals surface area (Å²) >= 11 is 0. The molecule has 5 heteroatoms. The minimum atomic E-state index is -1.18. The minimum absolute atomic E-state index is 0.280. The summed E-state index contributed by atoms with van der Waals surface area (Å²) < 4.78 is 0. The van der Waals surface area contributed by atoms with Gasteiger partial charge in [0, 0.05) is 19.6 Å². The number of carboxylic acid groups (broad SMARTS) is 1. The van der Waals surface area contributed by atoms with Crippen molar-refractivity contribution in [3.63, 3.8) is 0 Å². The summed E-state index contributed by atoms with van der Waals surface area (Å²) in [6.45, 7) is 3.55. The number of carbonyl (C=O) groups is 2. The largest absolute Gasteiger partial charge is 0.480 e. The molecular formula is C20H28N2O3. The summed E-state index contributed by atoms with van der Waals surface area (Å²) in [5.74, 6) is -0.844. The lowest BCUT2D eigenvalue weighted by Gasteiger charge is -2.33.